The molecule has 1 aromatic heterocycles. The van der Waals surface area contributed by atoms with Crippen molar-refractivity contribution < 1.29 is 13.2 Å². The molecule has 0 spiro atoms. The van der Waals surface area contributed by atoms with E-state index >= 15 is 0 Å². The van der Waals surface area contributed by atoms with Crippen LogP contribution in [0, 0.1) is 0 Å². The third kappa shape index (κ3) is 5.71. The summed E-state index contributed by atoms with van der Waals surface area (Å²) in [6.07, 6.45) is -0.105. The summed E-state index contributed by atoms with van der Waals surface area (Å²) in [5, 5.41) is 2.00. The monoisotopic (exact) mass is 304 g/mol. The van der Waals surface area contributed by atoms with E-state index in [0.717, 1.165) is 0 Å². The molecule has 0 aliphatic heterocycles. The summed E-state index contributed by atoms with van der Waals surface area (Å²) in [5.74, 6) is -0.695. The Kier molecular flexibility index (Phi) is 5.96. The molecule has 0 saturated carbocycles. The van der Waals surface area contributed by atoms with Crippen molar-refractivity contribution in [2.45, 2.75) is 19.4 Å². The number of hydrogen-bond acceptors (Lipinski definition) is 5. The zero-order chi connectivity index (χ0) is 14.5. The molecule has 0 saturated heterocycles. The van der Waals surface area contributed by atoms with Crippen LogP contribution in [0.1, 0.15) is 24.3 Å². The molecule has 0 aliphatic rings. The van der Waals surface area contributed by atoms with Crippen molar-refractivity contribution in [2.24, 2.45) is 5.73 Å². The van der Waals surface area contributed by atoms with Gasteiger partial charge in [-0.3, -0.25) is 9.69 Å². The molecule has 0 fully saturated rings. The summed E-state index contributed by atoms with van der Waals surface area (Å²) in [4.78, 5) is 13.8. The molecule has 0 aliphatic carbocycles. The Morgan fingerprint density at radius 1 is 1.47 bits per heavy atom. The zero-order valence-corrected chi connectivity index (χ0v) is 12.8. The summed E-state index contributed by atoms with van der Waals surface area (Å²) >= 11 is 1.65. The molecule has 1 atom stereocenters. The van der Waals surface area contributed by atoms with Crippen LogP contribution in [-0.4, -0.2) is 44.3 Å². The van der Waals surface area contributed by atoms with Crippen molar-refractivity contribution >= 4 is 27.1 Å². The highest BCUT2D eigenvalue weighted by Gasteiger charge is 2.17. The van der Waals surface area contributed by atoms with Crippen molar-refractivity contribution in [3.05, 3.63) is 22.4 Å². The molecule has 0 aromatic carbocycles. The van der Waals surface area contributed by atoms with Crippen molar-refractivity contribution in [1.82, 2.24) is 4.90 Å². The van der Waals surface area contributed by atoms with E-state index in [1.807, 2.05) is 36.4 Å². The topological polar surface area (TPSA) is 80.5 Å². The maximum absolute atomic E-state index is 11.7. The standard InChI is InChI=1S/C12H20N2O3S2/c1-10(11-4-3-7-18-11)14(2)6-9-19(16,17)8-5-12(13)15/h3-4,7,10H,5-6,8-9H2,1-2H3,(H2,13,15)/t10-/m0/s1. The molecule has 0 bridgehead atoms. The van der Waals surface area contributed by atoms with Crippen LogP contribution in [0.15, 0.2) is 17.5 Å². The lowest BCUT2D eigenvalue weighted by Gasteiger charge is -2.23. The first-order chi connectivity index (χ1) is 8.82. The molecule has 0 radical (unpaired) electrons. The number of rotatable bonds is 8. The van der Waals surface area contributed by atoms with Gasteiger partial charge in [-0.2, -0.15) is 0 Å². The van der Waals surface area contributed by atoms with Crippen molar-refractivity contribution in [3.8, 4) is 0 Å². The molecular formula is C12H20N2O3S2. The normalized spacial score (nSPS) is 13.6. The number of carbonyl (C=O) groups excluding carboxylic acids is 1. The number of nitrogens with zero attached hydrogens (tertiary/aromatic N) is 1. The van der Waals surface area contributed by atoms with Gasteiger partial charge in [-0.05, 0) is 25.4 Å². The third-order valence-electron chi connectivity index (χ3n) is 3.03. The molecule has 2 N–H and O–H groups in total. The largest absolute Gasteiger partial charge is 0.370 e. The van der Waals surface area contributed by atoms with Crippen LogP contribution in [0.5, 0.6) is 0 Å². The molecule has 1 amide bonds. The number of amides is 1. The summed E-state index contributed by atoms with van der Waals surface area (Å²) in [6, 6.07) is 4.20. The van der Waals surface area contributed by atoms with Crippen LogP contribution in [0.4, 0.5) is 0 Å². The van der Waals surface area contributed by atoms with Gasteiger partial charge in [0.1, 0.15) is 0 Å². The van der Waals surface area contributed by atoms with Gasteiger partial charge in [0, 0.05) is 23.9 Å². The fourth-order valence-corrected chi connectivity index (χ4v) is 3.71. The molecule has 108 valence electrons. The van der Waals surface area contributed by atoms with Gasteiger partial charge >= 0.3 is 0 Å². The molecule has 19 heavy (non-hydrogen) atoms. The van der Waals surface area contributed by atoms with E-state index in [9.17, 15) is 13.2 Å². The molecule has 1 rings (SSSR count). The van der Waals surface area contributed by atoms with Crippen molar-refractivity contribution in [2.75, 3.05) is 25.1 Å². The zero-order valence-electron chi connectivity index (χ0n) is 11.2. The SMILES string of the molecule is C[C@@H](c1cccs1)N(C)CCS(=O)(=O)CCC(N)=O. The minimum atomic E-state index is -3.21. The van der Waals surface area contributed by atoms with E-state index in [4.69, 9.17) is 5.73 Å². The number of nitrogens with two attached hydrogens (primary N) is 1. The Morgan fingerprint density at radius 2 is 2.16 bits per heavy atom. The lowest BCUT2D eigenvalue weighted by molar-refractivity contribution is -0.117. The quantitative estimate of drug-likeness (QED) is 0.778. The van der Waals surface area contributed by atoms with Gasteiger partial charge in [0.2, 0.25) is 5.91 Å². The van der Waals surface area contributed by atoms with Crippen molar-refractivity contribution in [1.29, 1.82) is 0 Å². The molecule has 1 aromatic rings. The Balaban J connectivity index is 2.45. The smallest absolute Gasteiger partial charge is 0.218 e. The highest BCUT2D eigenvalue weighted by molar-refractivity contribution is 7.91. The predicted molar refractivity (Wildman–Crippen MR) is 77.8 cm³/mol. The number of primary amides is 1. The lowest BCUT2D eigenvalue weighted by atomic mass is 10.2. The van der Waals surface area contributed by atoms with Crippen LogP contribution in [0.2, 0.25) is 0 Å². The average molecular weight is 304 g/mol. The second-order valence-corrected chi connectivity index (χ2v) is 7.82. The molecule has 7 heteroatoms. The van der Waals surface area contributed by atoms with Crippen LogP contribution < -0.4 is 5.73 Å². The summed E-state index contributed by atoms with van der Waals surface area (Å²) in [5.41, 5.74) is 4.96. The van der Waals surface area contributed by atoms with E-state index in [2.05, 4.69) is 0 Å². The van der Waals surface area contributed by atoms with E-state index < -0.39 is 15.7 Å². The number of sulfone groups is 1. The Hall–Kier alpha value is -0.920. The Bertz CT molecular complexity index is 497. The predicted octanol–water partition coefficient (Wildman–Crippen LogP) is 1.03. The maximum Gasteiger partial charge on any atom is 0.218 e. The first-order valence-electron chi connectivity index (χ1n) is 6.04. The Morgan fingerprint density at radius 3 is 2.68 bits per heavy atom. The van der Waals surface area contributed by atoms with Crippen LogP contribution in [0.3, 0.4) is 0 Å². The Labute approximate surface area is 118 Å². The summed E-state index contributed by atoms with van der Waals surface area (Å²) in [6.45, 7) is 2.49. The maximum atomic E-state index is 11.7. The van der Waals surface area contributed by atoms with E-state index in [0.29, 0.717) is 6.54 Å². The van der Waals surface area contributed by atoms with Gasteiger partial charge in [-0.15, -0.1) is 11.3 Å². The number of hydrogen-bond donors (Lipinski definition) is 1. The first-order valence-corrected chi connectivity index (χ1v) is 8.74. The van der Waals surface area contributed by atoms with E-state index in [1.165, 1.54) is 4.88 Å². The molecule has 0 unspecified atom stereocenters. The highest BCUT2D eigenvalue weighted by Crippen LogP contribution is 2.23. The van der Waals surface area contributed by atoms with Gasteiger partial charge in [0.15, 0.2) is 9.84 Å². The third-order valence-corrected chi connectivity index (χ3v) is 5.70. The van der Waals surface area contributed by atoms with Gasteiger partial charge in [-0.25, -0.2) is 8.42 Å². The van der Waals surface area contributed by atoms with Crippen molar-refractivity contribution in [3.63, 3.8) is 0 Å². The number of thiophene rings is 1. The van der Waals surface area contributed by atoms with Gasteiger partial charge in [0.25, 0.3) is 0 Å². The van der Waals surface area contributed by atoms with Crippen LogP contribution >= 0.6 is 11.3 Å². The fraction of sp³-hybridized carbons (Fsp3) is 0.583. The minimum Gasteiger partial charge on any atom is -0.370 e. The minimum absolute atomic E-state index is 0.0481. The first kappa shape index (κ1) is 16.1. The second kappa shape index (κ2) is 7.02. The number of carbonyl (C=O) groups is 1. The molecule has 5 nitrogen and oxygen atoms in total. The molecule has 1 heterocycles. The van der Waals surface area contributed by atoms with Crippen LogP contribution in [0.25, 0.3) is 0 Å². The van der Waals surface area contributed by atoms with E-state index in [-0.39, 0.29) is 24.0 Å². The van der Waals surface area contributed by atoms with Gasteiger partial charge in [-0.1, -0.05) is 6.07 Å². The molecular weight excluding hydrogens is 284 g/mol. The summed E-state index contributed by atoms with van der Waals surface area (Å²) < 4.78 is 23.4. The average Bonchev–Trinajstić information content (AvgIpc) is 2.86. The van der Waals surface area contributed by atoms with Gasteiger partial charge < -0.3 is 5.73 Å². The lowest BCUT2D eigenvalue weighted by Crippen LogP contribution is -2.29. The van der Waals surface area contributed by atoms with E-state index in [1.54, 1.807) is 11.3 Å². The van der Waals surface area contributed by atoms with Gasteiger partial charge in [0.05, 0.1) is 11.5 Å². The highest BCUT2D eigenvalue weighted by atomic mass is 32.2. The second-order valence-electron chi connectivity index (χ2n) is 4.54. The van der Waals surface area contributed by atoms with Crippen LogP contribution in [-0.2, 0) is 14.6 Å². The summed E-state index contributed by atoms with van der Waals surface area (Å²) in [7, 11) is -1.32. The fourth-order valence-electron chi connectivity index (χ4n) is 1.58.